The van der Waals surface area contributed by atoms with E-state index in [4.69, 9.17) is 0 Å². The molecule has 1 saturated carbocycles. The van der Waals surface area contributed by atoms with Crippen LogP contribution in [0.15, 0.2) is 0 Å². The summed E-state index contributed by atoms with van der Waals surface area (Å²) in [6.07, 6.45) is 2.84. The molecule has 5 heteroatoms. The van der Waals surface area contributed by atoms with Gasteiger partial charge in [-0.3, -0.25) is 19.8 Å². The normalized spacial score (nSPS) is 24.4. The van der Waals surface area contributed by atoms with Crippen LogP contribution in [0.3, 0.4) is 0 Å². The number of carbonyl (C=O) groups excluding carboxylic acids is 3. The fourth-order valence-corrected chi connectivity index (χ4v) is 2.70. The van der Waals surface area contributed by atoms with Crippen molar-refractivity contribution in [1.82, 2.24) is 10.2 Å². The number of urea groups is 1. The van der Waals surface area contributed by atoms with Crippen LogP contribution in [0.5, 0.6) is 0 Å². The number of rotatable bonds is 0. The van der Waals surface area contributed by atoms with E-state index in [1.54, 1.807) is 20.8 Å². The number of nitrogens with zero attached hydrogens (tertiary/aromatic N) is 1. The lowest BCUT2D eigenvalue weighted by Crippen LogP contribution is -2.67. The Balaban J connectivity index is 2.41. The molecule has 1 N–H and O–H groups in total. The van der Waals surface area contributed by atoms with E-state index in [1.165, 1.54) is 4.90 Å². The minimum Gasteiger partial charge on any atom is -0.277 e. The number of carbonyl (C=O) groups is 3. The maximum Gasteiger partial charge on any atom is 0.331 e. The fourth-order valence-electron chi connectivity index (χ4n) is 2.70. The molecular weight excluding hydrogens is 220 g/mol. The Labute approximate surface area is 101 Å². The summed E-state index contributed by atoms with van der Waals surface area (Å²) in [5.41, 5.74) is -1.58. The Hall–Kier alpha value is -1.39. The van der Waals surface area contributed by atoms with Gasteiger partial charge in [-0.25, -0.2) is 4.79 Å². The second-order valence-corrected chi connectivity index (χ2v) is 5.86. The van der Waals surface area contributed by atoms with Crippen molar-refractivity contribution in [3.63, 3.8) is 0 Å². The summed E-state index contributed by atoms with van der Waals surface area (Å²) >= 11 is 0. The summed E-state index contributed by atoms with van der Waals surface area (Å²) in [4.78, 5) is 37.4. The van der Waals surface area contributed by atoms with Gasteiger partial charge in [-0.15, -0.1) is 0 Å². The molecule has 0 atom stereocenters. The summed E-state index contributed by atoms with van der Waals surface area (Å²) in [6, 6.07) is -0.593. The van der Waals surface area contributed by atoms with Crippen LogP contribution in [0.1, 0.15) is 46.5 Å². The summed E-state index contributed by atoms with van der Waals surface area (Å²) in [7, 11) is 0. The molecule has 5 nitrogen and oxygen atoms in total. The molecule has 0 bridgehead atoms. The average molecular weight is 238 g/mol. The zero-order chi connectivity index (χ0) is 12.8. The van der Waals surface area contributed by atoms with Crippen molar-refractivity contribution in [2.75, 3.05) is 0 Å². The highest BCUT2D eigenvalue weighted by Gasteiger charge is 2.56. The smallest absolute Gasteiger partial charge is 0.277 e. The number of nitrogens with one attached hydrogen (secondary N) is 1. The van der Waals surface area contributed by atoms with Crippen LogP contribution in [-0.4, -0.2) is 28.3 Å². The van der Waals surface area contributed by atoms with E-state index < -0.39 is 22.9 Å². The van der Waals surface area contributed by atoms with Crippen LogP contribution in [0, 0.1) is 5.41 Å². The molecule has 94 valence electrons. The van der Waals surface area contributed by atoms with E-state index in [1.807, 2.05) is 0 Å². The van der Waals surface area contributed by atoms with Crippen molar-refractivity contribution in [3.05, 3.63) is 0 Å². The van der Waals surface area contributed by atoms with Gasteiger partial charge in [-0.1, -0.05) is 12.8 Å². The molecule has 1 spiro atoms. The van der Waals surface area contributed by atoms with Crippen LogP contribution >= 0.6 is 0 Å². The van der Waals surface area contributed by atoms with Crippen LogP contribution < -0.4 is 5.32 Å². The Morgan fingerprint density at radius 1 is 1.12 bits per heavy atom. The highest BCUT2D eigenvalue weighted by molar-refractivity contribution is 6.19. The molecule has 4 amide bonds. The number of imide groups is 2. The van der Waals surface area contributed by atoms with E-state index in [0.29, 0.717) is 12.8 Å². The lowest BCUT2D eigenvalue weighted by molar-refractivity contribution is -0.154. The molecule has 0 radical (unpaired) electrons. The second-order valence-electron chi connectivity index (χ2n) is 5.86. The summed E-state index contributed by atoms with van der Waals surface area (Å²) in [5.74, 6) is -0.734. The van der Waals surface area contributed by atoms with Crippen molar-refractivity contribution in [2.45, 2.75) is 52.0 Å². The molecule has 2 fully saturated rings. The average Bonchev–Trinajstić information content (AvgIpc) is 2.62. The zero-order valence-corrected chi connectivity index (χ0v) is 10.5. The zero-order valence-electron chi connectivity index (χ0n) is 10.5. The van der Waals surface area contributed by atoms with Crippen LogP contribution in [0.4, 0.5) is 4.79 Å². The van der Waals surface area contributed by atoms with E-state index >= 15 is 0 Å². The standard InChI is InChI=1S/C12H18N2O3/c1-11(2,3)14-9(16)12(6-4-5-7-12)8(15)13-10(14)17/h4-7H2,1-3H3,(H,13,15,17). The van der Waals surface area contributed by atoms with Crippen molar-refractivity contribution < 1.29 is 14.4 Å². The molecule has 0 aromatic carbocycles. The minimum atomic E-state index is -0.985. The van der Waals surface area contributed by atoms with E-state index in [0.717, 1.165) is 12.8 Å². The van der Waals surface area contributed by atoms with Crippen molar-refractivity contribution in [1.29, 1.82) is 0 Å². The first-order chi connectivity index (χ1) is 7.79. The Bertz CT molecular complexity index is 389. The first-order valence-electron chi connectivity index (χ1n) is 5.99. The van der Waals surface area contributed by atoms with Gasteiger partial charge in [0.1, 0.15) is 5.41 Å². The third-order valence-electron chi connectivity index (χ3n) is 3.60. The summed E-state index contributed by atoms with van der Waals surface area (Å²) in [6.45, 7) is 5.38. The molecule has 17 heavy (non-hydrogen) atoms. The number of hydrogen-bond donors (Lipinski definition) is 1. The van der Waals surface area contributed by atoms with Gasteiger partial charge in [0.05, 0.1) is 0 Å². The lowest BCUT2D eigenvalue weighted by Gasteiger charge is -2.43. The Morgan fingerprint density at radius 3 is 2.12 bits per heavy atom. The first kappa shape index (κ1) is 12.1. The quantitative estimate of drug-likeness (QED) is 0.649. The van der Waals surface area contributed by atoms with Gasteiger partial charge < -0.3 is 0 Å². The third-order valence-corrected chi connectivity index (χ3v) is 3.60. The fraction of sp³-hybridized carbons (Fsp3) is 0.750. The van der Waals surface area contributed by atoms with Gasteiger partial charge in [-0.05, 0) is 33.6 Å². The molecular formula is C12H18N2O3. The molecule has 2 aliphatic rings. The third kappa shape index (κ3) is 1.64. The molecule has 0 aromatic rings. The van der Waals surface area contributed by atoms with Crippen molar-refractivity contribution in [2.24, 2.45) is 5.41 Å². The van der Waals surface area contributed by atoms with Gasteiger partial charge in [-0.2, -0.15) is 0 Å². The molecule has 0 unspecified atom stereocenters. The van der Waals surface area contributed by atoms with Crippen molar-refractivity contribution in [3.8, 4) is 0 Å². The monoisotopic (exact) mass is 238 g/mol. The molecule has 0 aromatic heterocycles. The van der Waals surface area contributed by atoms with Gasteiger partial charge in [0, 0.05) is 5.54 Å². The van der Waals surface area contributed by atoms with Crippen LogP contribution in [0.25, 0.3) is 0 Å². The van der Waals surface area contributed by atoms with Gasteiger partial charge in [0.25, 0.3) is 0 Å². The summed E-state index contributed by atoms with van der Waals surface area (Å²) in [5, 5.41) is 2.33. The molecule has 1 aliphatic heterocycles. The van der Waals surface area contributed by atoms with Gasteiger partial charge >= 0.3 is 6.03 Å². The van der Waals surface area contributed by atoms with E-state index in [2.05, 4.69) is 5.32 Å². The Kier molecular flexibility index (Phi) is 2.52. The highest BCUT2D eigenvalue weighted by Crippen LogP contribution is 2.43. The highest BCUT2D eigenvalue weighted by atomic mass is 16.2. The van der Waals surface area contributed by atoms with Crippen LogP contribution in [0.2, 0.25) is 0 Å². The van der Waals surface area contributed by atoms with E-state index in [9.17, 15) is 14.4 Å². The van der Waals surface area contributed by atoms with Gasteiger partial charge in [0.15, 0.2) is 0 Å². The van der Waals surface area contributed by atoms with Crippen molar-refractivity contribution >= 4 is 17.8 Å². The number of hydrogen-bond acceptors (Lipinski definition) is 3. The molecule has 1 heterocycles. The number of barbiturate groups is 1. The maximum atomic E-state index is 12.5. The predicted molar refractivity (Wildman–Crippen MR) is 61.0 cm³/mol. The SMILES string of the molecule is CC(C)(C)N1C(=O)NC(=O)C2(CCCC2)C1=O. The van der Waals surface area contributed by atoms with Gasteiger partial charge in [0.2, 0.25) is 11.8 Å². The number of amides is 4. The summed E-state index contributed by atoms with van der Waals surface area (Å²) < 4.78 is 0. The lowest BCUT2D eigenvalue weighted by atomic mass is 9.81. The largest absolute Gasteiger partial charge is 0.331 e. The van der Waals surface area contributed by atoms with Crippen LogP contribution in [-0.2, 0) is 9.59 Å². The Morgan fingerprint density at radius 2 is 1.65 bits per heavy atom. The predicted octanol–water partition coefficient (Wildman–Crippen LogP) is 1.42. The molecule has 1 saturated heterocycles. The molecule has 2 rings (SSSR count). The topological polar surface area (TPSA) is 66.5 Å². The second kappa shape index (κ2) is 3.55. The molecule has 1 aliphatic carbocycles. The maximum absolute atomic E-state index is 12.5. The van der Waals surface area contributed by atoms with E-state index in [-0.39, 0.29) is 5.91 Å². The minimum absolute atomic E-state index is 0.323. The first-order valence-corrected chi connectivity index (χ1v) is 5.99.